The maximum Gasteiger partial charge on any atom is 0.254 e. The third-order valence-corrected chi connectivity index (χ3v) is 6.76. The molecule has 2 saturated heterocycles. The molecular formula is C25H27FN4O. The number of rotatable bonds is 4. The van der Waals surface area contributed by atoms with E-state index in [9.17, 15) is 9.18 Å². The van der Waals surface area contributed by atoms with Gasteiger partial charge in [-0.3, -0.25) is 14.4 Å². The van der Waals surface area contributed by atoms with Gasteiger partial charge in [-0.2, -0.15) is 5.10 Å². The van der Waals surface area contributed by atoms with Crippen molar-refractivity contribution >= 4 is 5.91 Å². The Morgan fingerprint density at radius 3 is 2.58 bits per heavy atom. The van der Waals surface area contributed by atoms with E-state index in [0.717, 1.165) is 37.2 Å². The van der Waals surface area contributed by atoms with Gasteiger partial charge < -0.3 is 4.90 Å². The van der Waals surface area contributed by atoms with Gasteiger partial charge >= 0.3 is 0 Å². The van der Waals surface area contributed by atoms with Gasteiger partial charge in [-0.15, -0.1) is 0 Å². The molecular weight excluding hydrogens is 391 g/mol. The molecule has 2 aromatic carbocycles. The topological polar surface area (TPSA) is 41.4 Å². The van der Waals surface area contributed by atoms with E-state index >= 15 is 0 Å². The molecule has 2 aliphatic heterocycles. The summed E-state index contributed by atoms with van der Waals surface area (Å²) in [6.45, 7) is 3.40. The number of carbonyl (C=O) groups excluding carboxylic acids is 1. The number of aromatic nitrogens is 2. The number of piperidine rings is 1. The number of amides is 1. The molecule has 0 spiro atoms. The lowest BCUT2D eigenvalue weighted by Gasteiger charge is -2.39. The number of aryl methyl sites for hydroxylation is 1. The van der Waals surface area contributed by atoms with Crippen LogP contribution in [0.15, 0.2) is 67.0 Å². The molecule has 0 radical (unpaired) electrons. The highest BCUT2D eigenvalue weighted by atomic mass is 19.1. The van der Waals surface area contributed by atoms with Gasteiger partial charge in [0.2, 0.25) is 0 Å². The van der Waals surface area contributed by atoms with Crippen molar-refractivity contribution in [3.8, 4) is 0 Å². The maximum absolute atomic E-state index is 13.6. The molecule has 1 amide bonds. The minimum atomic E-state index is -0.225. The van der Waals surface area contributed by atoms with E-state index in [1.807, 2.05) is 60.4 Å². The number of likely N-dealkylation sites (tertiary alicyclic amines) is 2. The number of halogens is 1. The summed E-state index contributed by atoms with van der Waals surface area (Å²) in [6.07, 6.45) is 4.92. The molecule has 2 fully saturated rings. The molecule has 0 saturated carbocycles. The van der Waals surface area contributed by atoms with Crippen LogP contribution in [0.1, 0.15) is 33.8 Å². The van der Waals surface area contributed by atoms with E-state index in [-0.39, 0.29) is 23.7 Å². The molecule has 0 N–H and O–H groups in total. The van der Waals surface area contributed by atoms with Crippen LogP contribution < -0.4 is 0 Å². The molecule has 0 unspecified atom stereocenters. The smallest absolute Gasteiger partial charge is 0.254 e. The van der Waals surface area contributed by atoms with Gasteiger partial charge in [0, 0.05) is 68.4 Å². The van der Waals surface area contributed by atoms with Gasteiger partial charge in [-0.1, -0.05) is 30.3 Å². The second-order valence-electron chi connectivity index (χ2n) is 8.76. The van der Waals surface area contributed by atoms with Crippen molar-refractivity contribution in [1.82, 2.24) is 19.6 Å². The van der Waals surface area contributed by atoms with Crippen molar-refractivity contribution in [2.45, 2.75) is 24.9 Å². The van der Waals surface area contributed by atoms with Crippen molar-refractivity contribution in [1.29, 1.82) is 0 Å². The number of nitrogens with zero attached hydrogens (tertiary/aromatic N) is 4. The first kappa shape index (κ1) is 19.9. The zero-order chi connectivity index (χ0) is 21.4. The Bertz CT molecular complexity index is 1050. The molecule has 3 atom stereocenters. The number of hydrogen-bond acceptors (Lipinski definition) is 3. The van der Waals surface area contributed by atoms with Crippen LogP contribution in [-0.4, -0.2) is 51.2 Å². The Hall–Kier alpha value is -2.99. The summed E-state index contributed by atoms with van der Waals surface area (Å²) in [5.41, 5.74) is 3.05. The number of benzene rings is 2. The minimum absolute atomic E-state index is 0.0981. The van der Waals surface area contributed by atoms with Gasteiger partial charge in [0.05, 0.1) is 6.20 Å². The van der Waals surface area contributed by atoms with E-state index in [1.54, 1.807) is 0 Å². The quantitative estimate of drug-likeness (QED) is 0.649. The first-order valence-electron chi connectivity index (χ1n) is 10.9. The number of hydrogen-bond donors (Lipinski definition) is 0. The number of carbonyl (C=O) groups is 1. The average molecular weight is 419 g/mol. The summed E-state index contributed by atoms with van der Waals surface area (Å²) < 4.78 is 15.4. The molecule has 3 heterocycles. The monoisotopic (exact) mass is 418 g/mol. The largest absolute Gasteiger partial charge is 0.335 e. The van der Waals surface area contributed by atoms with Crippen molar-refractivity contribution in [2.24, 2.45) is 13.0 Å². The predicted molar refractivity (Wildman–Crippen MR) is 117 cm³/mol. The average Bonchev–Trinajstić information content (AvgIpc) is 3.37. The first-order valence-corrected chi connectivity index (χ1v) is 10.9. The zero-order valence-corrected chi connectivity index (χ0v) is 17.7. The van der Waals surface area contributed by atoms with E-state index in [4.69, 9.17) is 0 Å². The van der Waals surface area contributed by atoms with E-state index in [1.165, 1.54) is 17.7 Å². The summed E-state index contributed by atoms with van der Waals surface area (Å²) in [7, 11) is 1.93. The van der Waals surface area contributed by atoms with Crippen LogP contribution in [0.5, 0.6) is 0 Å². The normalized spacial score (nSPS) is 23.7. The van der Waals surface area contributed by atoms with E-state index < -0.39 is 0 Å². The van der Waals surface area contributed by atoms with Gasteiger partial charge in [0.15, 0.2) is 0 Å². The van der Waals surface area contributed by atoms with E-state index in [2.05, 4.69) is 21.1 Å². The predicted octanol–water partition coefficient (Wildman–Crippen LogP) is 3.69. The zero-order valence-electron chi connectivity index (χ0n) is 17.7. The van der Waals surface area contributed by atoms with Crippen LogP contribution >= 0.6 is 0 Å². The van der Waals surface area contributed by atoms with Crippen LogP contribution in [0.4, 0.5) is 4.39 Å². The summed E-state index contributed by atoms with van der Waals surface area (Å²) in [6, 6.07) is 16.6. The summed E-state index contributed by atoms with van der Waals surface area (Å²) in [5.74, 6) is 0.400. The fourth-order valence-corrected chi connectivity index (χ4v) is 5.30. The summed E-state index contributed by atoms with van der Waals surface area (Å²) >= 11 is 0. The molecule has 0 bridgehead atoms. The van der Waals surface area contributed by atoms with Crippen molar-refractivity contribution in [3.05, 3.63) is 89.5 Å². The molecule has 5 rings (SSSR count). The van der Waals surface area contributed by atoms with Gasteiger partial charge in [-0.05, 0) is 36.2 Å². The molecule has 2 aliphatic rings. The van der Waals surface area contributed by atoms with Crippen molar-refractivity contribution in [3.63, 3.8) is 0 Å². The molecule has 160 valence electrons. The van der Waals surface area contributed by atoms with Crippen LogP contribution in [0, 0.1) is 11.7 Å². The molecule has 3 aromatic rings. The second-order valence-corrected chi connectivity index (χ2v) is 8.76. The van der Waals surface area contributed by atoms with Crippen LogP contribution in [0.2, 0.25) is 0 Å². The highest BCUT2D eigenvalue weighted by Gasteiger charge is 2.47. The number of fused-ring (bicyclic) bond motifs is 1. The van der Waals surface area contributed by atoms with E-state index in [0.29, 0.717) is 12.5 Å². The Morgan fingerprint density at radius 1 is 1.10 bits per heavy atom. The van der Waals surface area contributed by atoms with Gasteiger partial charge in [-0.25, -0.2) is 4.39 Å². The fourth-order valence-electron chi connectivity index (χ4n) is 5.30. The second kappa shape index (κ2) is 8.27. The van der Waals surface area contributed by atoms with Crippen molar-refractivity contribution in [2.75, 3.05) is 19.6 Å². The Labute approximate surface area is 182 Å². The molecule has 0 aliphatic carbocycles. The van der Waals surface area contributed by atoms with Crippen LogP contribution in [-0.2, 0) is 13.6 Å². The fraction of sp³-hybridized carbons (Fsp3) is 0.360. The summed E-state index contributed by atoms with van der Waals surface area (Å²) in [4.78, 5) is 17.9. The first-order chi connectivity index (χ1) is 15.1. The lowest BCUT2D eigenvalue weighted by Crippen LogP contribution is -2.47. The Kier molecular flexibility index (Phi) is 5.32. The minimum Gasteiger partial charge on any atom is -0.335 e. The maximum atomic E-state index is 13.6. The van der Waals surface area contributed by atoms with Crippen LogP contribution in [0.25, 0.3) is 0 Å². The molecule has 1 aromatic heterocycles. The Balaban J connectivity index is 1.41. The van der Waals surface area contributed by atoms with Crippen LogP contribution in [0.3, 0.4) is 0 Å². The highest BCUT2D eigenvalue weighted by molar-refractivity contribution is 5.94. The lowest BCUT2D eigenvalue weighted by atomic mass is 9.81. The molecule has 5 nitrogen and oxygen atoms in total. The lowest BCUT2D eigenvalue weighted by molar-refractivity contribution is 0.0614. The Morgan fingerprint density at radius 2 is 1.87 bits per heavy atom. The SMILES string of the molecule is Cn1cc(CN2CC[C@H]3[C@@H](C2)[C@H](c2ccc(F)cc2)CN3C(=O)c2ccccc2)cn1. The third-order valence-electron chi connectivity index (χ3n) is 6.76. The summed E-state index contributed by atoms with van der Waals surface area (Å²) in [5, 5.41) is 4.29. The highest BCUT2D eigenvalue weighted by Crippen LogP contribution is 2.42. The molecule has 6 heteroatoms. The molecule has 31 heavy (non-hydrogen) atoms. The van der Waals surface area contributed by atoms with Crippen molar-refractivity contribution < 1.29 is 9.18 Å². The van der Waals surface area contributed by atoms with Gasteiger partial charge in [0.25, 0.3) is 5.91 Å². The van der Waals surface area contributed by atoms with Gasteiger partial charge in [0.1, 0.15) is 5.82 Å². The third kappa shape index (κ3) is 4.00. The standard InChI is InChI=1S/C25H27FN4O/c1-28-14-18(13-27-28)15-29-12-11-24-23(16-29)22(19-7-9-21(26)10-8-19)17-30(24)25(31)20-5-3-2-4-6-20/h2-10,13-14,22-24H,11-12,15-17H2,1H3/t22-,23-,24-/m0/s1.